The van der Waals surface area contributed by atoms with Gasteiger partial charge in [-0.15, -0.1) is 0 Å². The average Bonchev–Trinajstić information content (AvgIpc) is 2.48. The van der Waals surface area contributed by atoms with Gasteiger partial charge in [0.15, 0.2) is 0 Å². The third-order valence-electron chi connectivity index (χ3n) is 5.43. The van der Waals surface area contributed by atoms with E-state index in [-0.39, 0.29) is 5.54 Å². The smallest absolute Gasteiger partial charge is 0.120 e. The molecule has 1 aromatic carbocycles. The molecule has 0 aromatic heterocycles. The molecule has 2 saturated heterocycles. The molecule has 2 aliphatic rings. The zero-order valence-corrected chi connectivity index (χ0v) is 15.7. The van der Waals surface area contributed by atoms with Crippen molar-refractivity contribution < 1.29 is 5.11 Å². The molecule has 0 aliphatic carbocycles. The van der Waals surface area contributed by atoms with E-state index in [0.29, 0.717) is 17.7 Å². The number of fused-ring (bicyclic) bond motifs is 1. The summed E-state index contributed by atoms with van der Waals surface area (Å²) in [7, 11) is 0. The Labute approximate surface area is 147 Å². The summed E-state index contributed by atoms with van der Waals surface area (Å²) in [4.78, 5) is 7.87. The number of para-hydroxylation sites is 1. The van der Waals surface area contributed by atoms with Crippen LogP contribution in [0.2, 0.25) is 0 Å². The average molecular weight is 332 g/mol. The second-order valence-corrected chi connectivity index (χ2v) is 8.61. The van der Waals surface area contributed by atoms with E-state index in [1.165, 1.54) is 19.6 Å². The van der Waals surface area contributed by atoms with E-state index in [4.69, 9.17) is 0 Å². The van der Waals surface area contributed by atoms with E-state index in [1.54, 1.807) is 6.07 Å². The fraction of sp³-hybridized carbons (Fsp3) is 0.700. The van der Waals surface area contributed by atoms with Crippen molar-refractivity contribution in [1.82, 2.24) is 14.7 Å². The molecule has 1 N–H and O–H groups in total. The maximum Gasteiger partial charge on any atom is 0.120 e. The fourth-order valence-electron chi connectivity index (χ4n) is 4.56. The fourth-order valence-corrected chi connectivity index (χ4v) is 4.56. The van der Waals surface area contributed by atoms with Crippen LogP contribution in [0.5, 0.6) is 5.75 Å². The van der Waals surface area contributed by atoms with Gasteiger partial charge in [-0.3, -0.25) is 14.7 Å². The molecule has 134 valence electrons. The molecule has 0 amide bonds. The molecule has 4 nitrogen and oxygen atoms in total. The third-order valence-corrected chi connectivity index (χ3v) is 5.43. The lowest BCUT2D eigenvalue weighted by atomic mass is 9.92. The lowest BCUT2D eigenvalue weighted by Crippen LogP contribution is -2.69. The second kappa shape index (κ2) is 7.03. The number of phenolic OH excluding ortho intramolecular Hbond substituents is 1. The van der Waals surface area contributed by atoms with Crippen LogP contribution in [0, 0.1) is 5.92 Å². The summed E-state index contributed by atoms with van der Waals surface area (Å²) < 4.78 is 0. The van der Waals surface area contributed by atoms with Gasteiger partial charge in [-0.05, 0) is 25.8 Å². The molecule has 1 aromatic rings. The summed E-state index contributed by atoms with van der Waals surface area (Å²) in [5.74, 6) is 1.14. The summed E-state index contributed by atoms with van der Waals surface area (Å²) in [6.07, 6.45) is 0. The predicted molar refractivity (Wildman–Crippen MR) is 99.2 cm³/mol. The van der Waals surface area contributed by atoms with Crippen molar-refractivity contribution in [1.29, 1.82) is 0 Å². The number of piperazine rings is 2. The molecule has 2 aliphatic heterocycles. The molecule has 0 radical (unpaired) electrons. The van der Waals surface area contributed by atoms with E-state index in [1.807, 2.05) is 18.2 Å². The molecular formula is C20H33N3O. The van der Waals surface area contributed by atoms with Gasteiger partial charge < -0.3 is 5.11 Å². The number of benzene rings is 1. The van der Waals surface area contributed by atoms with E-state index < -0.39 is 0 Å². The third kappa shape index (κ3) is 3.93. The Morgan fingerprint density at radius 3 is 2.54 bits per heavy atom. The first-order chi connectivity index (χ1) is 11.3. The molecule has 2 heterocycles. The molecular weight excluding hydrogens is 298 g/mol. The number of nitrogens with zero attached hydrogens (tertiary/aromatic N) is 3. The first-order valence-electron chi connectivity index (χ1n) is 9.33. The lowest BCUT2D eigenvalue weighted by Gasteiger charge is -2.56. The van der Waals surface area contributed by atoms with Crippen molar-refractivity contribution in [2.24, 2.45) is 5.92 Å². The van der Waals surface area contributed by atoms with Crippen molar-refractivity contribution in [3.63, 3.8) is 0 Å². The Morgan fingerprint density at radius 1 is 1.12 bits per heavy atom. The molecule has 2 fully saturated rings. The predicted octanol–water partition coefficient (Wildman–Crippen LogP) is 2.63. The summed E-state index contributed by atoms with van der Waals surface area (Å²) in [5.41, 5.74) is 1.29. The maximum absolute atomic E-state index is 10.1. The Balaban J connectivity index is 1.67. The van der Waals surface area contributed by atoms with Gasteiger partial charge in [0.25, 0.3) is 0 Å². The molecule has 0 bridgehead atoms. The van der Waals surface area contributed by atoms with Gasteiger partial charge >= 0.3 is 0 Å². The molecule has 4 heteroatoms. The Kier molecular flexibility index (Phi) is 5.19. The standard InChI is InChI=1S/C20H33N3O/c1-16(2)11-22-14-18-13-21(9-10-23(18)20(3,4)15-22)12-17-7-5-6-8-19(17)24/h5-8,16,18,24H,9-15H2,1-4H3. The van der Waals surface area contributed by atoms with Gasteiger partial charge in [0.1, 0.15) is 5.75 Å². The van der Waals surface area contributed by atoms with Gasteiger partial charge in [0, 0.05) is 63.0 Å². The van der Waals surface area contributed by atoms with Gasteiger partial charge in [0.2, 0.25) is 0 Å². The Bertz CT molecular complexity index is 558. The van der Waals surface area contributed by atoms with Crippen molar-refractivity contribution in [3.8, 4) is 5.75 Å². The monoisotopic (exact) mass is 331 g/mol. The van der Waals surface area contributed by atoms with E-state index >= 15 is 0 Å². The normalized spacial score (nSPS) is 25.8. The minimum absolute atomic E-state index is 0.249. The topological polar surface area (TPSA) is 30.0 Å². The summed E-state index contributed by atoms with van der Waals surface area (Å²) in [6, 6.07) is 8.33. The van der Waals surface area contributed by atoms with Crippen molar-refractivity contribution >= 4 is 0 Å². The van der Waals surface area contributed by atoms with Crippen molar-refractivity contribution in [2.75, 3.05) is 39.3 Å². The molecule has 3 rings (SSSR count). The Morgan fingerprint density at radius 2 is 1.83 bits per heavy atom. The SMILES string of the molecule is CC(C)CN1CC2CN(Cc3ccccc3O)CCN2C(C)(C)C1. The van der Waals surface area contributed by atoms with Crippen LogP contribution >= 0.6 is 0 Å². The van der Waals surface area contributed by atoms with Crippen LogP contribution in [0.15, 0.2) is 24.3 Å². The van der Waals surface area contributed by atoms with E-state index in [2.05, 4.69) is 42.4 Å². The molecule has 1 unspecified atom stereocenters. The number of hydrogen-bond donors (Lipinski definition) is 1. The first kappa shape index (κ1) is 17.7. The molecule has 24 heavy (non-hydrogen) atoms. The second-order valence-electron chi connectivity index (χ2n) is 8.61. The number of aromatic hydroxyl groups is 1. The van der Waals surface area contributed by atoms with Crippen molar-refractivity contribution in [2.45, 2.75) is 45.8 Å². The highest BCUT2D eigenvalue weighted by molar-refractivity contribution is 5.31. The van der Waals surface area contributed by atoms with Crippen LogP contribution in [0.1, 0.15) is 33.3 Å². The van der Waals surface area contributed by atoms with Gasteiger partial charge in [-0.2, -0.15) is 0 Å². The highest BCUT2D eigenvalue weighted by atomic mass is 16.3. The summed E-state index contributed by atoms with van der Waals surface area (Å²) in [5, 5.41) is 10.1. The zero-order chi connectivity index (χ0) is 17.3. The van der Waals surface area contributed by atoms with Gasteiger partial charge in [-0.25, -0.2) is 0 Å². The van der Waals surface area contributed by atoms with Crippen LogP contribution in [0.4, 0.5) is 0 Å². The minimum Gasteiger partial charge on any atom is -0.508 e. The highest BCUT2D eigenvalue weighted by Gasteiger charge is 2.42. The Hall–Kier alpha value is -1.10. The largest absolute Gasteiger partial charge is 0.508 e. The van der Waals surface area contributed by atoms with Crippen molar-refractivity contribution in [3.05, 3.63) is 29.8 Å². The number of rotatable bonds is 4. The van der Waals surface area contributed by atoms with Crippen LogP contribution in [-0.2, 0) is 6.54 Å². The minimum atomic E-state index is 0.249. The number of hydrogen-bond acceptors (Lipinski definition) is 4. The van der Waals surface area contributed by atoms with Gasteiger partial charge in [0.05, 0.1) is 0 Å². The number of phenols is 1. The molecule has 0 saturated carbocycles. The molecule has 0 spiro atoms. The lowest BCUT2D eigenvalue weighted by molar-refractivity contribution is -0.0684. The van der Waals surface area contributed by atoms with Gasteiger partial charge in [-0.1, -0.05) is 32.0 Å². The van der Waals surface area contributed by atoms with E-state index in [9.17, 15) is 5.11 Å². The van der Waals surface area contributed by atoms with E-state index in [0.717, 1.165) is 31.7 Å². The van der Waals surface area contributed by atoms with Crippen LogP contribution < -0.4 is 0 Å². The first-order valence-corrected chi connectivity index (χ1v) is 9.33. The molecule has 1 atom stereocenters. The summed E-state index contributed by atoms with van der Waals surface area (Å²) in [6.45, 7) is 17.1. The summed E-state index contributed by atoms with van der Waals surface area (Å²) >= 11 is 0. The quantitative estimate of drug-likeness (QED) is 0.919. The van der Waals surface area contributed by atoms with Crippen LogP contribution in [0.25, 0.3) is 0 Å². The van der Waals surface area contributed by atoms with Crippen LogP contribution in [0.3, 0.4) is 0 Å². The highest BCUT2D eigenvalue weighted by Crippen LogP contribution is 2.29. The zero-order valence-electron chi connectivity index (χ0n) is 15.7. The van der Waals surface area contributed by atoms with Crippen LogP contribution in [-0.4, -0.2) is 70.7 Å². The maximum atomic E-state index is 10.1.